The number of ether oxygens (including phenoxy) is 4. The SMILES string of the molecule is CO[C@H]1[C@@H](O)[C@H](C)C[C@H](C)/C=C/C=C/C=C(\C)C(c2c[nH]c3c([N+](=O)[O-])cccc23)CC2CC[C@@H](C)[C@@](O)(O2)C(=O)C(=O)N2CCCC[C@H]2C(=O)O[C@H]([C@H](C)C[C@@H]2CC[C@@H](O)[C@H](OC)C2)CC(O)[C@H](C)/C=C(\C)[C@H]1O. The summed E-state index contributed by atoms with van der Waals surface area (Å²) in [7, 11) is 3.01. The summed E-state index contributed by atoms with van der Waals surface area (Å²) in [6.07, 6.45) is 11.6. The molecule has 2 bridgehead atoms. The lowest BCUT2D eigenvalue weighted by atomic mass is 9.78. The van der Waals surface area contributed by atoms with Gasteiger partial charge in [0.25, 0.3) is 17.4 Å². The topological polar surface area (TPSA) is 251 Å². The van der Waals surface area contributed by atoms with Gasteiger partial charge in [-0.15, -0.1) is 0 Å². The predicted molar refractivity (Wildman–Crippen MR) is 284 cm³/mol. The van der Waals surface area contributed by atoms with Crippen LogP contribution in [0, 0.1) is 45.6 Å². The van der Waals surface area contributed by atoms with Gasteiger partial charge in [-0.05, 0) is 119 Å². The number of carbonyl (C=O) groups is 3. The first-order valence-electron chi connectivity index (χ1n) is 27.3. The maximum absolute atomic E-state index is 14.6. The maximum atomic E-state index is 14.6. The van der Waals surface area contributed by atoms with Crippen molar-refractivity contribution < 1.29 is 63.8 Å². The number of aromatic amines is 1. The van der Waals surface area contributed by atoms with E-state index in [1.165, 1.54) is 18.1 Å². The number of nitro benzene ring substituents is 1. The average molecular weight is 1050 g/mol. The van der Waals surface area contributed by atoms with E-state index in [2.05, 4.69) is 4.98 Å². The molecule has 2 aromatic rings. The number of piperidine rings is 1. The first-order chi connectivity index (χ1) is 35.6. The number of para-hydroxylation sites is 1. The van der Waals surface area contributed by atoms with Crippen LogP contribution in [0.3, 0.4) is 0 Å². The Balaban J connectivity index is 1.36. The quantitative estimate of drug-likeness (QED) is 0.0507. The number of amides is 1. The largest absolute Gasteiger partial charge is 0.460 e. The summed E-state index contributed by atoms with van der Waals surface area (Å²) >= 11 is 0. The van der Waals surface area contributed by atoms with Crippen LogP contribution in [0.5, 0.6) is 0 Å². The lowest BCUT2D eigenvalue weighted by Gasteiger charge is -2.43. The van der Waals surface area contributed by atoms with E-state index < -0.39 is 94.9 Å². The Hall–Kier alpha value is -4.59. The number of hydrogen-bond acceptors (Lipinski definition) is 14. The van der Waals surface area contributed by atoms with Crippen LogP contribution in [0.4, 0.5) is 5.69 Å². The van der Waals surface area contributed by atoms with Crippen molar-refractivity contribution in [1.29, 1.82) is 0 Å². The van der Waals surface area contributed by atoms with Crippen LogP contribution in [0.1, 0.15) is 137 Å². The molecule has 6 rings (SSSR count). The van der Waals surface area contributed by atoms with Gasteiger partial charge in [-0.25, -0.2) is 4.79 Å². The molecule has 17 atom stereocenters. The van der Waals surface area contributed by atoms with Crippen molar-refractivity contribution >= 4 is 34.3 Å². The first-order valence-corrected chi connectivity index (χ1v) is 27.3. The van der Waals surface area contributed by atoms with Gasteiger partial charge in [-0.3, -0.25) is 19.7 Å². The fourth-order valence-corrected chi connectivity index (χ4v) is 12.2. The molecule has 1 amide bonds. The van der Waals surface area contributed by atoms with Gasteiger partial charge < -0.3 is 54.4 Å². The number of rotatable bonds is 7. The number of benzene rings is 1. The number of aliphatic hydroxyl groups is 5. The van der Waals surface area contributed by atoms with Gasteiger partial charge >= 0.3 is 5.97 Å². The van der Waals surface area contributed by atoms with Gasteiger partial charge in [-0.2, -0.15) is 0 Å². The molecule has 0 spiro atoms. The summed E-state index contributed by atoms with van der Waals surface area (Å²) < 4.78 is 24.1. The van der Waals surface area contributed by atoms with Crippen molar-refractivity contribution in [2.75, 3.05) is 20.8 Å². The Morgan fingerprint density at radius 1 is 0.893 bits per heavy atom. The molecule has 3 fully saturated rings. The smallest absolute Gasteiger partial charge is 0.329 e. The lowest BCUT2D eigenvalue weighted by molar-refractivity contribution is -0.383. The summed E-state index contributed by atoms with van der Waals surface area (Å²) in [5.74, 6) is -7.71. The number of non-ortho nitro benzene ring substituents is 1. The standard InChI is InChI=1S/C58H85N3O14/c1-33-16-11-10-12-17-34(2)43(44-32-59-51-42(44)18-15-20-45(51)61(70)71)30-41-23-21-39(7)58(69,75-41)55(66)56(67)60-25-14-13-19-46(60)57(68)74-49(36(4)28-40-22-24-47(62)50(29-40)72-8)31-48(63)35(3)27-38(6)53(65)54(73-9)52(64)37(5)26-33/h10-12,15-18,20,27,32-33,35-37,39-41,43,46-50,52-54,59,62-65,69H,13-14,19,21-26,28-31H2,1-9H3/b12-10+,16-11+,34-17+,38-27+/t33-,35-,36-,37-,39-,40+,41?,43?,46+,47-,48?,49+,50-,52+,53-,54+,58-/m1/s1. The third-order valence-corrected chi connectivity index (χ3v) is 17.0. The number of aliphatic hydroxyl groups excluding tert-OH is 4. The van der Waals surface area contributed by atoms with E-state index in [4.69, 9.17) is 18.9 Å². The highest BCUT2D eigenvalue weighted by Crippen LogP contribution is 2.43. The first kappa shape index (κ1) is 59.7. The number of nitro groups is 1. The molecule has 75 heavy (non-hydrogen) atoms. The Bertz CT molecular complexity index is 2400. The number of hydrogen-bond donors (Lipinski definition) is 6. The average Bonchev–Trinajstić information content (AvgIpc) is 3.82. The molecule has 4 aliphatic rings. The zero-order valence-corrected chi connectivity index (χ0v) is 45.5. The van der Waals surface area contributed by atoms with Crippen LogP contribution in [0.15, 0.2) is 72.0 Å². The number of nitrogens with zero attached hydrogens (tertiary/aromatic N) is 2. The Morgan fingerprint density at radius 3 is 2.35 bits per heavy atom. The molecule has 1 aromatic carbocycles. The maximum Gasteiger partial charge on any atom is 0.329 e. The monoisotopic (exact) mass is 1050 g/mol. The number of Topliss-reactive ketones (excluding diaryl/α,β-unsaturated/α-hetero) is 1. The van der Waals surface area contributed by atoms with Gasteiger partial charge in [0.1, 0.15) is 29.9 Å². The lowest BCUT2D eigenvalue weighted by Crippen LogP contribution is -2.60. The number of esters is 1. The molecule has 416 valence electrons. The predicted octanol–water partition coefficient (Wildman–Crippen LogP) is 7.92. The van der Waals surface area contributed by atoms with Gasteiger partial charge in [0.15, 0.2) is 0 Å². The molecule has 4 heterocycles. The summed E-state index contributed by atoms with van der Waals surface area (Å²) in [5.41, 5.74) is 2.37. The van der Waals surface area contributed by atoms with E-state index in [1.807, 2.05) is 58.1 Å². The van der Waals surface area contributed by atoms with E-state index in [-0.39, 0.29) is 61.3 Å². The summed E-state index contributed by atoms with van der Waals surface area (Å²) in [6, 6.07) is 3.70. The van der Waals surface area contributed by atoms with Gasteiger partial charge in [0.05, 0.1) is 35.4 Å². The number of nitrogens with one attached hydrogen (secondary N) is 1. The molecule has 1 aliphatic carbocycles. The van der Waals surface area contributed by atoms with Crippen molar-refractivity contribution in [2.45, 2.75) is 192 Å². The number of cyclic esters (lactones) is 1. The minimum absolute atomic E-state index is 0.00213. The molecule has 17 nitrogen and oxygen atoms in total. The van der Waals surface area contributed by atoms with Crippen LogP contribution in [-0.2, 0) is 33.3 Å². The van der Waals surface area contributed by atoms with Crippen LogP contribution in [-0.4, -0.2) is 139 Å². The summed E-state index contributed by atoms with van der Waals surface area (Å²) in [5, 5.41) is 70.7. The number of methoxy groups -OCH3 is 2. The van der Waals surface area contributed by atoms with Crippen molar-refractivity contribution in [2.24, 2.45) is 35.5 Å². The van der Waals surface area contributed by atoms with Crippen molar-refractivity contribution in [3.63, 3.8) is 0 Å². The van der Waals surface area contributed by atoms with E-state index >= 15 is 0 Å². The van der Waals surface area contributed by atoms with Crippen molar-refractivity contribution in [3.05, 3.63) is 87.7 Å². The van der Waals surface area contributed by atoms with Crippen LogP contribution < -0.4 is 0 Å². The number of allylic oxidation sites excluding steroid dienone is 6. The molecule has 3 unspecified atom stereocenters. The van der Waals surface area contributed by atoms with E-state index in [0.717, 1.165) is 17.6 Å². The molecule has 3 aliphatic heterocycles. The van der Waals surface area contributed by atoms with E-state index in [1.54, 1.807) is 52.3 Å². The molecule has 6 N–H and O–H groups in total. The number of ketones is 1. The highest BCUT2D eigenvalue weighted by molar-refractivity contribution is 6.39. The molecule has 17 heteroatoms. The second kappa shape index (κ2) is 26.6. The minimum Gasteiger partial charge on any atom is -0.460 e. The highest BCUT2D eigenvalue weighted by Gasteiger charge is 2.53. The van der Waals surface area contributed by atoms with Gasteiger partial charge in [0.2, 0.25) is 5.79 Å². The number of aromatic nitrogens is 1. The normalized spacial score (nSPS) is 38.6. The third kappa shape index (κ3) is 14.3. The van der Waals surface area contributed by atoms with E-state index in [9.17, 15) is 50.0 Å². The fraction of sp³-hybridized carbons (Fsp3) is 0.672. The van der Waals surface area contributed by atoms with Gasteiger partial charge in [-0.1, -0.05) is 88.8 Å². The van der Waals surface area contributed by atoms with E-state index in [0.29, 0.717) is 67.8 Å². The number of carbonyl (C=O) groups excluding carboxylic acids is 3. The Kier molecular flexibility index (Phi) is 21.2. The Labute approximate surface area is 442 Å². The zero-order chi connectivity index (χ0) is 54.9. The van der Waals surface area contributed by atoms with Crippen LogP contribution in [0.25, 0.3) is 10.9 Å². The van der Waals surface area contributed by atoms with Crippen LogP contribution in [0.2, 0.25) is 0 Å². The molecule has 1 saturated carbocycles. The minimum atomic E-state index is -2.53. The number of fused-ring (bicyclic) bond motifs is 4. The second-order valence-corrected chi connectivity index (χ2v) is 22.5. The molecule has 1 aromatic heterocycles. The second-order valence-electron chi connectivity index (χ2n) is 22.5. The fourth-order valence-electron chi connectivity index (χ4n) is 12.2. The third-order valence-electron chi connectivity index (χ3n) is 17.0. The number of H-pyrrole nitrogens is 1. The van der Waals surface area contributed by atoms with Crippen molar-refractivity contribution in [1.82, 2.24) is 9.88 Å². The van der Waals surface area contributed by atoms with Gasteiger partial charge in [0, 0.05) is 62.6 Å². The zero-order valence-electron chi connectivity index (χ0n) is 45.5. The molecular weight excluding hydrogens is 963 g/mol. The molecule has 0 radical (unpaired) electrons. The highest BCUT2D eigenvalue weighted by atomic mass is 16.6. The summed E-state index contributed by atoms with van der Waals surface area (Å²) in [4.78, 5) is 59.7. The molecule has 2 saturated heterocycles. The van der Waals surface area contributed by atoms with Crippen LogP contribution >= 0.6 is 0 Å². The Morgan fingerprint density at radius 2 is 1.64 bits per heavy atom. The summed E-state index contributed by atoms with van der Waals surface area (Å²) in [6.45, 7) is 13.1. The van der Waals surface area contributed by atoms with Crippen molar-refractivity contribution in [3.8, 4) is 0 Å². The molecular formula is C58H85N3O14.